The monoisotopic (exact) mass is 340 g/mol. The number of H-pyrrole nitrogens is 1. The van der Waals surface area contributed by atoms with Crippen LogP contribution in [-0.2, 0) is 5.41 Å². The average Bonchev–Trinajstić information content (AvgIpc) is 2.52. The summed E-state index contributed by atoms with van der Waals surface area (Å²) >= 11 is 1.44. The van der Waals surface area contributed by atoms with Gasteiger partial charge >= 0.3 is 0 Å². The molecule has 1 aromatic heterocycles. The fourth-order valence-corrected chi connectivity index (χ4v) is 3.06. The first-order valence-electron chi connectivity index (χ1n) is 7.63. The van der Waals surface area contributed by atoms with Crippen LogP contribution in [0.1, 0.15) is 48.0 Å². The van der Waals surface area contributed by atoms with E-state index in [9.17, 15) is 9.59 Å². The number of ketones is 1. The Balaban J connectivity index is 2.11. The van der Waals surface area contributed by atoms with E-state index in [0.717, 1.165) is 4.90 Å². The molecule has 0 amide bonds. The van der Waals surface area contributed by atoms with E-state index < -0.39 is 5.56 Å². The Hall–Kier alpha value is -2.32. The minimum atomic E-state index is -0.461. The van der Waals surface area contributed by atoms with Crippen molar-refractivity contribution < 1.29 is 4.79 Å². The van der Waals surface area contributed by atoms with Crippen LogP contribution in [-0.4, -0.2) is 16.5 Å². The topological polar surface area (TPSA) is 73.7 Å². The summed E-state index contributed by atoms with van der Waals surface area (Å²) in [6, 6.07) is 11.4. The van der Waals surface area contributed by atoms with Gasteiger partial charge in [-0.3, -0.25) is 9.59 Å². The number of benzene rings is 1. The molecule has 0 aliphatic rings. The van der Waals surface area contributed by atoms with Crippen molar-refractivity contribution in [2.75, 3.05) is 5.75 Å². The van der Waals surface area contributed by atoms with Gasteiger partial charge in [-0.1, -0.05) is 32.9 Å². The second-order valence-electron chi connectivity index (χ2n) is 6.65. The first kappa shape index (κ1) is 18.0. The highest BCUT2D eigenvalue weighted by Crippen LogP contribution is 2.26. The first-order chi connectivity index (χ1) is 11.2. The molecule has 24 heavy (non-hydrogen) atoms. The van der Waals surface area contributed by atoms with Crippen LogP contribution in [0.2, 0.25) is 0 Å². The van der Waals surface area contributed by atoms with Gasteiger partial charge in [-0.05, 0) is 36.1 Å². The molecule has 0 atom stereocenters. The fraction of sp³-hybridized carbons (Fsp3) is 0.316. The highest BCUT2D eigenvalue weighted by Gasteiger charge is 2.15. The minimum Gasteiger partial charge on any atom is -0.325 e. The third-order valence-corrected chi connectivity index (χ3v) is 4.76. The van der Waals surface area contributed by atoms with Crippen molar-refractivity contribution in [1.29, 1.82) is 5.26 Å². The van der Waals surface area contributed by atoms with Crippen molar-refractivity contribution in [2.24, 2.45) is 0 Å². The van der Waals surface area contributed by atoms with Crippen LogP contribution in [0.4, 0.5) is 0 Å². The van der Waals surface area contributed by atoms with Gasteiger partial charge in [0, 0.05) is 16.2 Å². The summed E-state index contributed by atoms with van der Waals surface area (Å²) in [5.41, 5.74) is 1.73. The highest BCUT2D eigenvalue weighted by atomic mass is 32.2. The molecule has 5 heteroatoms. The molecule has 0 saturated carbocycles. The minimum absolute atomic E-state index is 0.0384. The molecule has 0 aliphatic carbocycles. The van der Waals surface area contributed by atoms with Gasteiger partial charge in [-0.15, -0.1) is 11.8 Å². The van der Waals surface area contributed by atoms with Gasteiger partial charge in [0.15, 0.2) is 5.78 Å². The predicted molar refractivity (Wildman–Crippen MR) is 96.7 cm³/mol. The van der Waals surface area contributed by atoms with E-state index in [-0.39, 0.29) is 22.5 Å². The average molecular weight is 340 g/mol. The molecule has 2 aromatic rings. The molecule has 1 heterocycles. The van der Waals surface area contributed by atoms with Crippen molar-refractivity contribution >= 4 is 17.5 Å². The number of nitrogens with one attached hydrogen (secondary N) is 1. The summed E-state index contributed by atoms with van der Waals surface area (Å²) < 4.78 is 0. The first-order valence-corrected chi connectivity index (χ1v) is 8.61. The summed E-state index contributed by atoms with van der Waals surface area (Å²) in [5.74, 6) is 0.150. The third-order valence-electron chi connectivity index (χ3n) is 3.75. The van der Waals surface area contributed by atoms with Gasteiger partial charge in [0.1, 0.15) is 11.6 Å². The van der Waals surface area contributed by atoms with Crippen molar-refractivity contribution in [1.82, 2.24) is 4.98 Å². The number of pyridine rings is 1. The molecule has 0 bridgehead atoms. The van der Waals surface area contributed by atoms with Crippen molar-refractivity contribution in [3.05, 3.63) is 63.1 Å². The summed E-state index contributed by atoms with van der Waals surface area (Å²) in [5, 5.41) is 8.93. The van der Waals surface area contributed by atoms with Crippen LogP contribution in [0.5, 0.6) is 0 Å². The van der Waals surface area contributed by atoms with Gasteiger partial charge in [-0.2, -0.15) is 5.26 Å². The zero-order chi connectivity index (χ0) is 17.9. The van der Waals surface area contributed by atoms with Gasteiger partial charge in [-0.25, -0.2) is 0 Å². The standard InChI is InChI=1S/C19H20N2O2S/c1-12-16(9-13(10-20)18(23)21-12)17(22)11-24-15-7-5-14(6-8-15)19(2,3)4/h5-9H,11H2,1-4H3,(H,21,23). The lowest BCUT2D eigenvalue weighted by molar-refractivity contribution is 0.102. The lowest BCUT2D eigenvalue weighted by Crippen LogP contribution is -2.16. The van der Waals surface area contributed by atoms with E-state index in [1.165, 1.54) is 23.4 Å². The smallest absolute Gasteiger partial charge is 0.266 e. The zero-order valence-electron chi connectivity index (χ0n) is 14.3. The number of aromatic amines is 1. The van der Waals surface area contributed by atoms with E-state index in [0.29, 0.717) is 11.3 Å². The molecule has 0 radical (unpaired) electrons. The third kappa shape index (κ3) is 4.15. The van der Waals surface area contributed by atoms with E-state index in [4.69, 9.17) is 5.26 Å². The van der Waals surface area contributed by atoms with Crippen LogP contribution >= 0.6 is 11.8 Å². The molecule has 1 aromatic carbocycles. The second kappa shape index (κ2) is 7.06. The van der Waals surface area contributed by atoms with Crippen molar-refractivity contribution in [3.8, 4) is 6.07 Å². The van der Waals surface area contributed by atoms with Crippen LogP contribution < -0.4 is 5.56 Å². The van der Waals surface area contributed by atoms with E-state index in [1.54, 1.807) is 6.92 Å². The quantitative estimate of drug-likeness (QED) is 0.678. The molecule has 0 fully saturated rings. The maximum Gasteiger partial charge on any atom is 0.266 e. The number of nitriles is 1. The number of carbonyl (C=O) groups excluding carboxylic acids is 1. The summed E-state index contributed by atoms with van der Waals surface area (Å²) in [6.07, 6.45) is 0. The van der Waals surface area contributed by atoms with Gasteiger partial charge < -0.3 is 4.98 Å². The Kier molecular flexibility index (Phi) is 5.30. The molecular weight excluding hydrogens is 320 g/mol. The number of hydrogen-bond acceptors (Lipinski definition) is 4. The molecule has 0 unspecified atom stereocenters. The van der Waals surface area contributed by atoms with E-state index >= 15 is 0 Å². The van der Waals surface area contributed by atoms with Crippen LogP contribution in [0.3, 0.4) is 0 Å². The number of rotatable bonds is 4. The van der Waals surface area contributed by atoms with E-state index in [2.05, 4.69) is 37.9 Å². The molecule has 0 spiro atoms. The Morgan fingerprint density at radius 3 is 2.42 bits per heavy atom. The maximum atomic E-state index is 12.4. The SMILES string of the molecule is Cc1[nH]c(=O)c(C#N)cc1C(=O)CSc1ccc(C(C)(C)C)cc1. The normalized spacial score (nSPS) is 11.1. The van der Waals surface area contributed by atoms with Crippen molar-refractivity contribution in [2.45, 2.75) is 38.0 Å². The Morgan fingerprint density at radius 2 is 1.88 bits per heavy atom. The number of thioether (sulfide) groups is 1. The number of aromatic nitrogens is 1. The van der Waals surface area contributed by atoms with Crippen LogP contribution in [0.25, 0.3) is 0 Å². The van der Waals surface area contributed by atoms with Crippen molar-refractivity contribution in [3.63, 3.8) is 0 Å². The molecule has 124 valence electrons. The Bertz CT molecular complexity index is 853. The summed E-state index contributed by atoms with van der Waals surface area (Å²) in [6.45, 7) is 8.14. The molecule has 0 saturated heterocycles. The van der Waals surface area contributed by atoms with Gasteiger partial charge in [0.2, 0.25) is 0 Å². The van der Waals surface area contributed by atoms with Crippen LogP contribution in [0.15, 0.2) is 40.0 Å². The largest absolute Gasteiger partial charge is 0.325 e. The van der Waals surface area contributed by atoms with E-state index in [1.807, 2.05) is 18.2 Å². The predicted octanol–water partition coefficient (Wildman–Crippen LogP) is 3.83. The number of Topliss-reactive ketones (excluding diaryl/α,β-unsaturated/α-hetero) is 1. The van der Waals surface area contributed by atoms with Gasteiger partial charge in [0.05, 0.1) is 5.75 Å². The Labute approximate surface area is 145 Å². The Morgan fingerprint density at radius 1 is 1.25 bits per heavy atom. The number of aryl methyl sites for hydroxylation is 1. The molecular formula is C19H20N2O2S. The number of carbonyl (C=O) groups is 1. The summed E-state index contributed by atoms with van der Waals surface area (Å²) in [4.78, 5) is 27.5. The molecule has 4 nitrogen and oxygen atoms in total. The second-order valence-corrected chi connectivity index (χ2v) is 7.70. The molecule has 0 aliphatic heterocycles. The van der Waals surface area contributed by atoms with Gasteiger partial charge in [0.25, 0.3) is 5.56 Å². The maximum absolute atomic E-state index is 12.4. The number of nitrogens with zero attached hydrogens (tertiary/aromatic N) is 1. The molecule has 1 N–H and O–H groups in total. The highest BCUT2D eigenvalue weighted by molar-refractivity contribution is 8.00. The lowest BCUT2D eigenvalue weighted by Gasteiger charge is -2.19. The zero-order valence-corrected chi connectivity index (χ0v) is 15.1. The molecule has 2 rings (SSSR count). The summed E-state index contributed by atoms with van der Waals surface area (Å²) in [7, 11) is 0. The lowest BCUT2D eigenvalue weighted by atomic mass is 9.87. The van der Waals surface area contributed by atoms with Crippen LogP contribution in [0, 0.1) is 18.3 Å². The fourth-order valence-electron chi connectivity index (χ4n) is 2.27. The number of hydrogen-bond donors (Lipinski definition) is 1.